The molecule has 1 aliphatic carbocycles. The van der Waals surface area contributed by atoms with Crippen LogP contribution in [0.2, 0.25) is 0 Å². The van der Waals surface area contributed by atoms with Crippen LogP contribution in [0.15, 0.2) is 24.3 Å². The SMILES string of the molecule is COc1cccc(C23CCCCC2(C)CN(C(=O)O)CC3)c1. The van der Waals surface area contributed by atoms with E-state index >= 15 is 0 Å². The van der Waals surface area contributed by atoms with Crippen LogP contribution in [0.25, 0.3) is 0 Å². The molecule has 2 atom stereocenters. The summed E-state index contributed by atoms with van der Waals surface area (Å²) in [6, 6.07) is 8.39. The van der Waals surface area contributed by atoms with Crippen LogP contribution < -0.4 is 4.74 Å². The molecule has 0 bridgehead atoms. The highest BCUT2D eigenvalue weighted by Crippen LogP contribution is 2.56. The zero-order valence-electron chi connectivity index (χ0n) is 13.5. The van der Waals surface area contributed by atoms with Crippen molar-refractivity contribution in [2.24, 2.45) is 5.41 Å². The van der Waals surface area contributed by atoms with Crippen molar-refractivity contribution in [1.29, 1.82) is 0 Å². The predicted molar refractivity (Wildman–Crippen MR) is 85.5 cm³/mol. The van der Waals surface area contributed by atoms with Crippen LogP contribution in [0.1, 0.15) is 44.6 Å². The monoisotopic (exact) mass is 303 g/mol. The molecule has 1 saturated heterocycles. The van der Waals surface area contributed by atoms with E-state index in [0.29, 0.717) is 13.1 Å². The fourth-order valence-corrected chi connectivity index (χ4v) is 4.69. The van der Waals surface area contributed by atoms with E-state index in [1.54, 1.807) is 12.0 Å². The van der Waals surface area contributed by atoms with Gasteiger partial charge < -0.3 is 14.7 Å². The van der Waals surface area contributed by atoms with Gasteiger partial charge in [0.15, 0.2) is 0 Å². The van der Waals surface area contributed by atoms with Gasteiger partial charge in [0.2, 0.25) is 0 Å². The molecule has 1 heterocycles. The highest BCUT2D eigenvalue weighted by atomic mass is 16.5. The third-order valence-electron chi connectivity index (χ3n) is 5.98. The molecule has 120 valence electrons. The summed E-state index contributed by atoms with van der Waals surface area (Å²) in [7, 11) is 1.70. The molecule has 2 unspecified atom stereocenters. The molecule has 1 N–H and O–H groups in total. The molecular formula is C18H25NO3. The zero-order chi connectivity index (χ0) is 15.8. The van der Waals surface area contributed by atoms with Gasteiger partial charge in [-0.05, 0) is 42.4 Å². The second kappa shape index (κ2) is 5.49. The minimum atomic E-state index is -0.786. The summed E-state index contributed by atoms with van der Waals surface area (Å²) < 4.78 is 5.41. The molecule has 3 rings (SSSR count). The number of hydrogen-bond donors (Lipinski definition) is 1. The number of rotatable bonds is 2. The van der Waals surface area contributed by atoms with Gasteiger partial charge in [0, 0.05) is 18.5 Å². The topological polar surface area (TPSA) is 49.8 Å². The fraction of sp³-hybridized carbons (Fsp3) is 0.611. The van der Waals surface area contributed by atoms with Crippen molar-refractivity contribution >= 4 is 6.09 Å². The Balaban J connectivity index is 2.02. The second-order valence-corrected chi connectivity index (χ2v) is 7.04. The zero-order valence-corrected chi connectivity index (χ0v) is 13.5. The average Bonchev–Trinajstić information content (AvgIpc) is 2.53. The van der Waals surface area contributed by atoms with Gasteiger partial charge in [-0.1, -0.05) is 31.9 Å². The number of amides is 1. The maximum atomic E-state index is 11.4. The lowest BCUT2D eigenvalue weighted by Gasteiger charge is -2.57. The normalized spacial score (nSPS) is 31.5. The van der Waals surface area contributed by atoms with E-state index in [4.69, 9.17) is 4.74 Å². The van der Waals surface area contributed by atoms with E-state index < -0.39 is 6.09 Å². The van der Waals surface area contributed by atoms with E-state index in [1.807, 2.05) is 6.07 Å². The number of ether oxygens (including phenoxy) is 1. The van der Waals surface area contributed by atoms with Crippen molar-refractivity contribution in [2.75, 3.05) is 20.2 Å². The lowest BCUT2D eigenvalue weighted by molar-refractivity contribution is -0.0145. The van der Waals surface area contributed by atoms with Gasteiger partial charge in [-0.15, -0.1) is 0 Å². The summed E-state index contributed by atoms with van der Waals surface area (Å²) in [5.74, 6) is 0.889. The number of methoxy groups -OCH3 is 1. The van der Waals surface area contributed by atoms with Crippen molar-refractivity contribution in [2.45, 2.75) is 44.4 Å². The summed E-state index contributed by atoms with van der Waals surface area (Å²) in [5.41, 5.74) is 1.40. The van der Waals surface area contributed by atoms with Crippen molar-refractivity contribution in [3.8, 4) is 5.75 Å². The Kier molecular flexibility index (Phi) is 3.79. The number of hydrogen-bond acceptors (Lipinski definition) is 2. The molecule has 4 nitrogen and oxygen atoms in total. The van der Waals surface area contributed by atoms with Gasteiger partial charge in [-0.2, -0.15) is 0 Å². The number of benzene rings is 1. The average molecular weight is 303 g/mol. The van der Waals surface area contributed by atoms with Crippen LogP contribution in [-0.4, -0.2) is 36.3 Å². The standard InChI is InChI=1S/C18H25NO3/c1-17-8-3-4-9-18(17,10-11-19(13-17)16(20)21)14-6-5-7-15(12-14)22-2/h5-7,12H,3-4,8-11,13H2,1-2H3,(H,20,21). The lowest BCUT2D eigenvalue weighted by Crippen LogP contribution is -2.59. The quantitative estimate of drug-likeness (QED) is 0.901. The van der Waals surface area contributed by atoms with Crippen LogP contribution in [0, 0.1) is 5.41 Å². The van der Waals surface area contributed by atoms with Crippen LogP contribution in [0.5, 0.6) is 5.75 Å². The van der Waals surface area contributed by atoms with Gasteiger partial charge in [0.1, 0.15) is 5.75 Å². The van der Waals surface area contributed by atoms with E-state index in [9.17, 15) is 9.90 Å². The van der Waals surface area contributed by atoms with Gasteiger partial charge in [0.05, 0.1) is 7.11 Å². The first-order valence-corrected chi connectivity index (χ1v) is 8.13. The van der Waals surface area contributed by atoms with Crippen LogP contribution in [0.4, 0.5) is 4.79 Å². The highest BCUT2D eigenvalue weighted by Gasteiger charge is 2.54. The minimum Gasteiger partial charge on any atom is -0.497 e. The summed E-state index contributed by atoms with van der Waals surface area (Å²) in [6.07, 6.45) is 4.77. The lowest BCUT2D eigenvalue weighted by atomic mass is 9.51. The number of nitrogens with zero attached hydrogens (tertiary/aromatic N) is 1. The molecular weight excluding hydrogens is 278 g/mol. The van der Waals surface area contributed by atoms with Gasteiger partial charge in [-0.3, -0.25) is 0 Å². The number of carbonyl (C=O) groups is 1. The first kappa shape index (κ1) is 15.2. The predicted octanol–water partition coefficient (Wildman–Crippen LogP) is 3.90. The van der Waals surface area contributed by atoms with E-state index in [0.717, 1.165) is 25.0 Å². The van der Waals surface area contributed by atoms with E-state index in [2.05, 4.69) is 25.1 Å². The molecule has 1 amide bonds. The van der Waals surface area contributed by atoms with Crippen LogP contribution >= 0.6 is 0 Å². The molecule has 1 aliphatic heterocycles. The summed E-state index contributed by atoms with van der Waals surface area (Å²) in [5, 5.41) is 9.39. The summed E-state index contributed by atoms with van der Waals surface area (Å²) in [6.45, 7) is 3.54. The number of carboxylic acid groups (broad SMARTS) is 1. The van der Waals surface area contributed by atoms with Crippen molar-refractivity contribution in [3.63, 3.8) is 0 Å². The number of fused-ring (bicyclic) bond motifs is 1. The highest BCUT2D eigenvalue weighted by molar-refractivity contribution is 5.65. The molecule has 2 fully saturated rings. The molecule has 22 heavy (non-hydrogen) atoms. The summed E-state index contributed by atoms with van der Waals surface area (Å²) >= 11 is 0. The Labute approximate surface area is 132 Å². The van der Waals surface area contributed by atoms with Crippen molar-refractivity contribution in [1.82, 2.24) is 4.90 Å². The largest absolute Gasteiger partial charge is 0.497 e. The second-order valence-electron chi connectivity index (χ2n) is 7.04. The van der Waals surface area contributed by atoms with Crippen molar-refractivity contribution in [3.05, 3.63) is 29.8 Å². The molecule has 0 radical (unpaired) electrons. The molecule has 2 aliphatic rings. The van der Waals surface area contributed by atoms with Crippen LogP contribution in [-0.2, 0) is 5.41 Å². The maximum Gasteiger partial charge on any atom is 0.407 e. The molecule has 1 saturated carbocycles. The van der Waals surface area contributed by atoms with E-state index in [-0.39, 0.29) is 10.8 Å². The molecule has 0 spiro atoms. The Hall–Kier alpha value is -1.71. The smallest absolute Gasteiger partial charge is 0.407 e. The Morgan fingerprint density at radius 1 is 1.27 bits per heavy atom. The Morgan fingerprint density at radius 2 is 2.05 bits per heavy atom. The third-order valence-corrected chi connectivity index (χ3v) is 5.98. The van der Waals surface area contributed by atoms with Gasteiger partial charge in [0.25, 0.3) is 0 Å². The number of likely N-dealkylation sites (tertiary alicyclic amines) is 1. The molecule has 1 aromatic carbocycles. The molecule has 4 heteroatoms. The summed E-state index contributed by atoms with van der Waals surface area (Å²) in [4.78, 5) is 13.0. The van der Waals surface area contributed by atoms with Crippen molar-refractivity contribution < 1.29 is 14.6 Å². The fourth-order valence-electron chi connectivity index (χ4n) is 4.69. The molecule has 0 aromatic heterocycles. The maximum absolute atomic E-state index is 11.4. The van der Waals surface area contributed by atoms with Gasteiger partial charge in [-0.25, -0.2) is 4.79 Å². The van der Waals surface area contributed by atoms with Gasteiger partial charge >= 0.3 is 6.09 Å². The number of piperidine rings is 1. The third kappa shape index (κ3) is 2.25. The van der Waals surface area contributed by atoms with E-state index in [1.165, 1.54) is 18.4 Å². The Bertz CT molecular complexity index is 573. The minimum absolute atomic E-state index is 0.00819. The van der Waals surface area contributed by atoms with Crippen LogP contribution in [0.3, 0.4) is 0 Å². The first-order valence-electron chi connectivity index (χ1n) is 8.13. The molecule has 1 aromatic rings. The Morgan fingerprint density at radius 3 is 2.77 bits per heavy atom. The first-order chi connectivity index (χ1) is 10.5.